The summed E-state index contributed by atoms with van der Waals surface area (Å²) >= 11 is 9.34. The molecule has 1 fully saturated rings. The van der Waals surface area contributed by atoms with Gasteiger partial charge >= 0.3 is 0 Å². The molecule has 1 aliphatic rings. The standard InChI is InChI=1S/C13H10BrClFN3/c14-9-4-3-8(16)5-10(9)17-12-6-11(15)18-13(19-12)7-1-2-7/h3-7H,1-2H2,(H,17,18,19). The van der Waals surface area contributed by atoms with Gasteiger partial charge in [-0.1, -0.05) is 11.6 Å². The monoisotopic (exact) mass is 341 g/mol. The molecule has 0 saturated heterocycles. The first-order valence-electron chi connectivity index (χ1n) is 5.88. The first kappa shape index (κ1) is 12.8. The summed E-state index contributed by atoms with van der Waals surface area (Å²) in [7, 11) is 0. The molecule has 98 valence electrons. The number of halogens is 3. The van der Waals surface area contributed by atoms with Crippen LogP contribution >= 0.6 is 27.5 Å². The molecule has 3 rings (SSSR count). The van der Waals surface area contributed by atoms with E-state index in [4.69, 9.17) is 11.6 Å². The van der Waals surface area contributed by atoms with Crippen molar-refractivity contribution in [2.24, 2.45) is 0 Å². The number of aromatic nitrogens is 2. The van der Waals surface area contributed by atoms with Gasteiger partial charge in [0, 0.05) is 16.5 Å². The van der Waals surface area contributed by atoms with E-state index >= 15 is 0 Å². The molecule has 1 aromatic carbocycles. The number of hydrogen-bond acceptors (Lipinski definition) is 3. The molecule has 6 heteroatoms. The Labute approximate surface area is 123 Å². The van der Waals surface area contributed by atoms with Crippen LogP contribution < -0.4 is 5.32 Å². The fraction of sp³-hybridized carbons (Fsp3) is 0.231. The molecule has 0 atom stereocenters. The third-order valence-corrected chi connectivity index (χ3v) is 3.73. The fourth-order valence-corrected chi connectivity index (χ4v) is 2.29. The van der Waals surface area contributed by atoms with Gasteiger partial charge in [-0.3, -0.25) is 0 Å². The number of anilines is 2. The maximum Gasteiger partial charge on any atom is 0.135 e. The molecule has 1 saturated carbocycles. The molecular weight excluding hydrogens is 333 g/mol. The van der Waals surface area contributed by atoms with Crippen LogP contribution in [0.3, 0.4) is 0 Å². The molecule has 1 N–H and O–H groups in total. The third kappa shape index (κ3) is 3.04. The molecule has 0 amide bonds. The summed E-state index contributed by atoms with van der Waals surface area (Å²) in [5.74, 6) is 1.43. The lowest BCUT2D eigenvalue weighted by molar-refractivity contribution is 0.628. The smallest absolute Gasteiger partial charge is 0.135 e. The van der Waals surface area contributed by atoms with E-state index in [9.17, 15) is 4.39 Å². The molecule has 19 heavy (non-hydrogen) atoms. The molecule has 1 aliphatic carbocycles. The predicted octanol–water partition coefficient (Wildman–Crippen LogP) is 4.65. The summed E-state index contributed by atoms with van der Waals surface area (Å²) in [6.07, 6.45) is 2.20. The molecule has 2 aromatic rings. The number of benzene rings is 1. The largest absolute Gasteiger partial charge is 0.339 e. The highest BCUT2D eigenvalue weighted by Crippen LogP contribution is 2.39. The van der Waals surface area contributed by atoms with Crippen LogP contribution in [0.15, 0.2) is 28.7 Å². The Morgan fingerprint density at radius 1 is 1.26 bits per heavy atom. The van der Waals surface area contributed by atoms with Gasteiger partial charge in [0.1, 0.15) is 22.6 Å². The summed E-state index contributed by atoms with van der Waals surface area (Å²) < 4.78 is 14.0. The summed E-state index contributed by atoms with van der Waals surface area (Å²) in [6.45, 7) is 0. The highest BCUT2D eigenvalue weighted by molar-refractivity contribution is 9.10. The zero-order valence-electron chi connectivity index (χ0n) is 9.83. The predicted molar refractivity (Wildman–Crippen MR) is 76.4 cm³/mol. The van der Waals surface area contributed by atoms with E-state index in [0.29, 0.717) is 22.6 Å². The van der Waals surface area contributed by atoms with Crippen LogP contribution in [0.5, 0.6) is 0 Å². The average molecular weight is 343 g/mol. The number of hydrogen-bond donors (Lipinski definition) is 1. The van der Waals surface area contributed by atoms with Crippen LogP contribution in [-0.4, -0.2) is 9.97 Å². The fourth-order valence-electron chi connectivity index (χ4n) is 1.75. The van der Waals surface area contributed by atoms with Crippen molar-refractivity contribution in [2.75, 3.05) is 5.32 Å². The Morgan fingerprint density at radius 3 is 2.79 bits per heavy atom. The second-order valence-electron chi connectivity index (χ2n) is 4.46. The number of nitrogens with zero attached hydrogens (tertiary/aromatic N) is 2. The maximum absolute atomic E-state index is 13.2. The molecule has 0 radical (unpaired) electrons. The van der Waals surface area contributed by atoms with E-state index in [1.165, 1.54) is 12.1 Å². The SMILES string of the molecule is Fc1ccc(Br)c(Nc2cc(Cl)nc(C3CC3)n2)c1. The van der Waals surface area contributed by atoms with Gasteiger partial charge in [-0.15, -0.1) is 0 Å². The van der Waals surface area contributed by atoms with Crippen molar-refractivity contribution in [1.29, 1.82) is 0 Å². The summed E-state index contributed by atoms with van der Waals surface area (Å²) in [4.78, 5) is 8.62. The van der Waals surface area contributed by atoms with Gasteiger partial charge < -0.3 is 5.32 Å². The number of nitrogens with one attached hydrogen (secondary N) is 1. The van der Waals surface area contributed by atoms with Crippen molar-refractivity contribution < 1.29 is 4.39 Å². The van der Waals surface area contributed by atoms with Crippen LogP contribution in [0.1, 0.15) is 24.6 Å². The van der Waals surface area contributed by atoms with Crippen molar-refractivity contribution >= 4 is 39.0 Å². The minimum Gasteiger partial charge on any atom is -0.339 e. The van der Waals surface area contributed by atoms with Gasteiger partial charge in [-0.2, -0.15) is 0 Å². The van der Waals surface area contributed by atoms with Crippen molar-refractivity contribution in [3.8, 4) is 0 Å². The van der Waals surface area contributed by atoms with E-state index < -0.39 is 0 Å². The van der Waals surface area contributed by atoms with Gasteiger partial charge in [-0.05, 0) is 47.0 Å². The molecule has 1 aromatic heterocycles. The zero-order valence-corrected chi connectivity index (χ0v) is 12.2. The Hall–Kier alpha value is -1.20. The lowest BCUT2D eigenvalue weighted by Gasteiger charge is -2.09. The van der Waals surface area contributed by atoms with Gasteiger partial charge in [0.05, 0.1) is 5.69 Å². The quantitative estimate of drug-likeness (QED) is 0.825. The second-order valence-corrected chi connectivity index (χ2v) is 5.70. The summed E-state index contributed by atoms with van der Waals surface area (Å²) in [6, 6.07) is 6.06. The van der Waals surface area contributed by atoms with Crippen LogP contribution in [0.2, 0.25) is 5.15 Å². The molecule has 0 unspecified atom stereocenters. The summed E-state index contributed by atoms with van der Waals surface area (Å²) in [5.41, 5.74) is 0.608. The van der Waals surface area contributed by atoms with Crippen LogP contribution in [-0.2, 0) is 0 Å². The van der Waals surface area contributed by atoms with Crippen LogP contribution in [0, 0.1) is 5.82 Å². The Balaban J connectivity index is 1.92. The molecule has 0 bridgehead atoms. The lowest BCUT2D eigenvalue weighted by Crippen LogP contribution is -2.00. The molecule has 1 heterocycles. The molecule has 3 nitrogen and oxygen atoms in total. The van der Waals surface area contributed by atoms with E-state index in [2.05, 4.69) is 31.2 Å². The van der Waals surface area contributed by atoms with E-state index in [0.717, 1.165) is 23.1 Å². The van der Waals surface area contributed by atoms with E-state index in [1.54, 1.807) is 12.1 Å². The highest BCUT2D eigenvalue weighted by atomic mass is 79.9. The van der Waals surface area contributed by atoms with Gasteiger partial charge in [0.25, 0.3) is 0 Å². The second kappa shape index (κ2) is 5.06. The van der Waals surface area contributed by atoms with Crippen molar-refractivity contribution in [2.45, 2.75) is 18.8 Å². The Kier molecular flexibility index (Phi) is 3.41. The molecular formula is C13H10BrClFN3. The normalized spacial score (nSPS) is 14.5. The van der Waals surface area contributed by atoms with Crippen molar-refractivity contribution in [3.05, 3.63) is 45.5 Å². The highest BCUT2D eigenvalue weighted by Gasteiger charge is 2.27. The van der Waals surface area contributed by atoms with Gasteiger partial charge in [0.2, 0.25) is 0 Å². The topological polar surface area (TPSA) is 37.8 Å². The maximum atomic E-state index is 13.2. The Bertz CT molecular complexity index is 631. The van der Waals surface area contributed by atoms with Crippen LogP contribution in [0.4, 0.5) is 15.9 Å². The first-order valence-corrected chi connectivity index (χ1v) is 7.05. The van der Waals surface area contributed by atoms with Crippen molar-refractivity contribution in [1.82, 2.24) is 9.97 Å². The number of rotatable bonds is 3. The lowest BCUT2D eigenvalue weighted by atomic mass is 10.3. The first-order chi connectivity index (χ1) is 9.11. The molecule has 0 spiro atoms. The van der Waals surface area contributed by atoms with E-state index in [1.807, 2.05) is 0 Å². The van der Waals surface area contributed by atoms with Crippen molar-refractivity contribution in [3.63, 3.8) is 0 Å². The minimum atomic E-state index is -0.312. The Morgan fingerprint density at radius 2 is 2.05 bits per heavy atom. The van der Waals surface area contributed by atoms with Crippen LogP contribution in [0.25, 0.3) is 0 Å². The summed E-state index contributed by atoms with van der Waals surface area (Å²) in [5, 5.41) is 3.45. The van der Waals surface area contributed by atoms with Gasteiger partial charge in [-0.25, -0.2) is 14.4 Å². The molecule has 0 aliphatic heterocycles. The zero-order chi connectivity index (χ0) is 13.4. The minimum absolute atomic E-state index is 0.312. The third-order valence-electron chi connectivity index (χ3n) is 2.85. The van der Waals surface area contributed by atoms with E-state index in [-0.39, 0.29) is 5.82 Å². The van der Waals surface area contributed by atoms with Gasteiger partial charge in [0.15, 0.2) is 0 Å². The average Bonchev–Trinajstić information content (AvgIpc) is 3.17.